The van der Waals surface area contributed by atoms with Crippen LogP contribution in [0, 0.1) is 11.8 Å². The number of nitrogens with one attached hydrogen (secondary N) is 3. The van der Waals surface area contributed by atoms with Crippen LogP contribution in [-0.4, -0.2) is 37.5 Å². The normalized spacial score (nSPS) is 21.6. The van der Waals surface area contributed by atoms with Gasteiger partial charge in [0.15, 0.2) is 0 Å². The van der Waals surface area contributed by atoms with Crippen molar-refractivity contribution in [3.63, 3.8) is 0 Å². The SMILES string of the molecule is CC(CC(=O)NCCC(=O)NC1CCCCC1)C1CCNCC1. The monoisotopic (exact) mass is 323 g/mol. The first-order valence-corrected chi connectivity index (χ1v) is 9.42. The van der Waals surface area contributed by atoms with E-state index >= 15 is 0 Å². The Balaban J connectivity index is 1.55. The van der Waals surface area contributed by atoms with E-state index in [2.05, 4.69) is 22.9 Å². The fourth-order valence-electron chi connectivity index (χ4n) is 3.81. The van der Waals surface area contributed by atoms with Crippen molar-refractivity contribution in [2.24, 2.45) is 11.8 Å². The van der Waals surface area contributed by atoms with Gasteiger partial charge in [-0.3, -0.25) is 9.59 Å². The third kappa shape index (κ3) is 6.90. The first-order chi connectivity index (χ1) is 11.1. The predicted octanol–water partition coefficient (Wildman–Crippen LogP) is 1.97. The zero-order chi connectivity index (χ0) is 16.5. The maximum atomic E-state index is 12.0. The highest BCUT2D eigenvalue weighted by molar-refractivity contribution is 5.79. The molecule has 0 aromatic carbocycles. The first kappa shape index (κ1) is 18.2. The Labute approximate surface area is 140 Å². The Morgan fingerprint density at radius 3 is 2.43 bits per heavy atom. The molecule has 2 aliphatic rings. The molecule has 1 unspecified atom stereocenters. The summed E-state index contributed by atoms with van der Waals surface area (Å²) >= 11 is 0. The third-order valence-corrected chi connectivity index (χ3v) is 5.34. The van der Waals surface area contributed by atoms with Crippen LogP contribution in [0.2, 0.25) is 0 Å². The van der Waals surface area contributed by atoms with Crippen LogP contribution in [0.15, 0.2) is 0 Å². The molecule has 0 spiro atoms. The summed E-state index contributed by atoms with van der Waals surface area (Å²) in [6, 6.07) is 0.354. The lowest BCUT2D eigenvalue weighted by Gasteiger charge is -2.27. The molecule has 1 aliphatic heterocycles. The van der Waals surface area contributed by atoms with Crippen LogP contribution in [0.5, 0.6) is 0 Å². The number of carbonyl (C=O) groups is 2. The molecule has 1 saturated carbocycles. The van der Waals surface area contributed by atoms with Crippen molar-refractivity contribution in [3.05, 3.63) is 0 Å². The number of piperidine rings is 1. The van der Waals surface area contributed by atoms with E-state index in [1.165, 1.54) is 19.3 Å². The van der Waals surface area contributed by atoms with E-state index in [1.54, 1.807) is 0 Å². The summed E-state index contributed by atoms with van der Waals surface area (Å²) in [5.41, 5.74) is 0. The van der Waals surface area contributed by atoms with Crippen LogP contribution in [-0.2, 0) is 9.59 Å². The maximum absolute atomic E-state index is 12.0. The van der Waals surface area contributed by atoms with Crippen molar-refractivity contribution >= 4 is 11.8 Å². The van der Waals surface area contributed by atoms with Gasteiger partial charge in [0.25, 0.3) is 0 Å². The van der Waals surface area contributed by atoms with Crippen LogP contribution < -0.4 is 16.0 Å². The van der Waals surface area contributed by atoms with Crippen LogP contribution in [0.25, 0.3) is 0 Å². The fraction of sp³-hybridized carbons (Fsp3) is 0.889. The summed E-state index contributed by atoms with van der Waals surface area (Å²) < 4.78 is 0. The summed E-state index contributed by atoms with van der Waals surface area (Å²) in [4.78, 5) is 23.9. The molecule has 2 fully saturated rings. The maximum Gasteiger partial charge on any atom is 0.221 e. The average Bonchev–Trinajstić information content (AvgIpc) is 2.56. The van der Waals surface area contributed by atoms with Crippen LogP contribution in [0.1, 0.15) is 64.7 Å². The summed E-state index contributed by atoms with van der Waals surface area (Å²) in [6.07, 6.45) is 9.23. The number of amides is 2. The fourth-order valence-corrected chi connectivity index (χ4v) is 3.81. The molecule has 2 amide bonds. The zero-order valence-electron chi connectivity index (χ0n) is 14.5. The van der Waals surface area contributed by atoms with E-state index in [4.69, 9.17) is 0 Å². The Hall–Kier alpha value is -1.10. The first-order valence-electron chi connectivity index (χ1n) is 9.42. The lowest BCUT2D eigenvalue weighted by molar-refractivity contribution is -0.123. The Kier molecular flexibility index (Phi) is 7.86. The van der Waals surface area contributed by atoms with Crippen molar-refractivity contribution in [3.8, 4) is 0 Å². The van der Waals surface area contributed by atoms with Crippen molar-refractivity contribution in [1.82, 2.24) is 16.0 Å². The van der Waals surface area contributed by atoms with E-state index in [1.807, 2.05) is 0 Å². The average molecular weight is 323 g/mol. The highest BCUT2D eigenvalue weighted by atomic mass is 16.2. The molecule has 5 heteroatoms. The summed E-state index contributed by atoms with van der Waals surface area (Å²) in [6.45, 7) is 4.76. The highest BCUT2D eigenvalue weighted by Crippen LogP contribution is 2.24. The second kappa shape index (κ2) is 9.91. The standard InChI is InChI=1S/C18H33N3O2/c1-14(15-7-10-19-11-8-15)13-18(23)20-12-9-17(22)21-16-5-3-2-4-6-16/h14-16,19H,2-13H2,1H3,(H,20,23)(H,21,22). The molecular formula is C18H33N3O2. The third-order valence-electron chi connectivity index (χ3n) is 5.34. The number of hydrogen-bond acceptors (Lipinski definition) is 3. The lowest BCUT2D eigenvalue weighted by atomic mass is 9.84. The lowest BCUT2D eigenvalue weighted by Crippen LogP contribution is -2.38. The van der Waals surface area contributed by atoms with Gasteiger partial charge in [-0.1, -0.05) is 26.2 Å². The van der Waals surface area contributed by atoms with Gasteiger partial charge in [0, 0.05) is 25.4 Å². The minimum atomic E-state index is 0.0728. The summed E-state index contributed by atoms with van der Waals surface area (Å²) in [7, 11) is 0. The molecule has 2 rings (SSSR count). The second-order valence-corrected chi connectivity index (χ2v) is 7.27. The quantitative estimate of drug-likeness (QED) is 0.671. The Bertz CT molecular complexity index is 374. The van der Waals surface area contributed by atoms with E-state index in [0.29, 0.717) is 37.3 Å². The van der Waals surface area contributed by atoms with Gasteiger partial charge in [-0.25, -0.2) is 0 Å². The molecule has 5 nitrogen and oxygen atoms in total. The van der Waals surface area contributed by atoms with E-state index in [-0.39, 0.29) is 11.8 Å². The molecule has 1 heterocycles. The van der Waals surface area contributed by atoms with E-state index in [9.17, 15) is 9.59 Å². The molecule has 23 heavy (non-hydrogen) atoms. The molecule has 0 aromatic heterocycles. The molecule has 1 atom stereocenters. The molecule has 0 radical (unpaired) electrons. The van der Waals surface area contributed by atoms with Gasteiger partial charge in [-0.05, 0) is 50.6 Å². The van der Waals surface area contributed by atoms with Gasteiger partial charge in [0.05, 0.1) is 0 Å². The van der Waals surface area contributed by atoms with Crippen molar-refractivity contribution in [1.29, 1.82) is 0 Å². The van der Waals surface area contributed by atoms with Crippen molar-refractivity contribution < 1.29 is 9.59 Å². The molecule has 0 bridgehead atoms. The van der Waals surface area contributed by atoms with Gasteiger partial charge < -0.3 is 16.0 Å². The van der Waals surface area contributed by atoms with Crippen LogP contribution in [0.4, 0.5) is 0 Å². The van der Waals surface area contributed by atoms with Crippen molar-refractivity contribution in [2.75, 3.05) is 19.6 Å². The molecule has 3 N–H and O–H groups in total. The zero-order valence-corrected chi connectivity index (χ0v) is 14.5. The molecular weight excluding hydrogens is 290 g/mol. The van der Waals surface area contributed by atoms with Crippen LogP contribution >= 0.6 is 0 Å². The largest absolute Gasteiger partial charge is 0.356 e. The smallest absolute Gasteiger partial charge is 0.221 e. The minimum Gasteiger partial charge on any atom is -0.356 e. The molecule has 0 aromatic rings. The molecule has 1 aliphatic carbocycles. The minimum absolute atomic E-state index is 0.0728. The Morgan fingerprint density at radius 2 is 1.74 bits per heavy atom. The Morgan fingerprint density at radius 1 is 1.04 bits per heavy atom. The molecule has 132 valence electrons. The second-order valence-electron chi connectivity index (χ2n) is 7.27. The van der Waals surface area contributed by atoms with Gasteiger partial charge in [-0.15, -0.1) is 0 Å². The summed E-state index contributed by atoms with van der Waals surface area (Å²) in [5, 5.41) is 9.35. The predicted molar refractivity (Wildman–Crippen MR) is 92.0 cm³/mol. The van der Waals surface area contributed by atoms with Crippen molar-refractivity contribution in [2.45, 2.75) is 70.8 Å². The van der Waals surface area contributed by atoms with Gasteiger partial charge >= 0.3 is 0 Å². The topological polar surface area (TPSA) is 70.2 Å². The highest BCUT2D eigenvalue weighted by Gasteiger charge is 2.22. The van der Waals surface area contributed by atoms with E-state index in [0.717, 1.165) is 38.8 Å². The summed E-state index contributed by atoms with van der Waals surface area (Å²) in [5.74, 6) is 1.23. The van der Waals surface area contributed by atoms with Gasteiger partial charge in [0.2, 0.25) is 11.8 Å². The number of hydrogen-bond donors (Lipinski definition) is 3. The number of rotatable bonds is 7. The van der Waals surface area contributed by atoms with Gasteiger partial charge in [-0.2, -0.15) is 0 Å². The number of carbonyl (C=O) groups excluding carboxylic acids is 2. The molecule has 1 saturated heterocycles. The van der Waals surface area contributed by atoms with E-state index < -0.39 is 0 Å². The van der Waals surface area contributed by atoms with Crippen LogP contribution in [0.3, 0.4) is 0 Å². The van der Waals surface area contributed by atoms with Gasteiger partial charge in [0.1, 0.15) is 0 Å².